The molecule has 26 heavy (non-hydrogen) atoms. The van der Waals surface area contributed by atoms with E-state index in [-0.39, 0.29) is 52.9 Å². The van der Waals surface area contributed by atoms with Crippen LogP contribution in [0.3, 0.4) is 0 Å². The average molecular weight is 380 g/mol. The minimum atomic E-state index is -0.708. The number of nitro benzene ring substituents is 1. The largest absolute Gasteiger partial charge is 0.466 e. The summed E-state index contributed by atoms with van der Waals surface area (Å²) < 4.78 is 4.69. The molecule has 10 nitrogen and oxygen atoms in total. The van der Waals surface area contributed by atoms with Gasteiger partial charge >= 0.3 is 5.97 Å². The Morgan fingerprint density at radius 2 is 2.23 bits per heavy atom. The van der Waals surface area contributed by atoms with Gasteiger partial charge in [-0.3, -0.25) is 14.9 Å². The van der Waals surface area contributed by atoms with Crippen LogP contribution in [0.25, 0.3) is 0 Å². The Labute approximate surface area is 153 Å². The Balaban J connectivity index is 2.46. The maximum Gasteiger partial charge on any atom is 0.337 e. The molecule has 0 spiro atoms. The lowest BCUT2D eigenvalue weighted by Gasteiger charge is -2.16. The van der Waals surface area contributed by atoms with Gasteiger partial charge in [-0.25, -0.2) is 4.79 Å². The van der Waals surface area contributed by atoms with Gasteiger partial charge < -0.3 is 25.8 Å². The van der Waals surface area contributed by atoms with Crippen LogP contribution in [-0.4, -0.2) is 58.6 Å². The number of thiocarbonyl (C=S) groups is 1. The SMILES string of the molecule is COC(=O)C1=C(Nc2ccc([N+](=O)[O-])cc2C(N)=S)C(=O)N(CCO)C1. The maximum atomic E-state index is 12.5. The van der Waals surface area contributed by atoms with Crippen molar-refractivity contribution in [1.29, 1.82) is 0 Å². The minimum Gasteiger partial charge on any atom is -0.466 e. The Hall–Kier alpha value is -3.05. The van der Waals surface area contributed by atoms with Gasteiger partial charge in [-0.05, 0) is 6.07 Å². The molecule has 1 aromatic rings. The fourth-order valence-electron chi connectivity index (χ4n) is 2.44. The number of nitro groups is 1. The third-order valence-corrected chi connectivity index (χ3v) is 3.91. The second-order valence-electron chi connectivity index (χ2n) is 5.27. The number of carbonyl (C=O) groups is 2. The molecule has 1 aromatic carbocycles. The molecule has 11 heteroatoms. The summed E-state index contributed by atoms with van der Waals surface area (Å²) in [5.41, 5.74) is 5.79. The lowest BCUT2D eigenvalue weighted by Crippen LogP contribution is -2.31. The number of hydrogen-bond donors (Lipinski definition) is 3. The molecule has 0 radical (unpaired) electrons. The third-order valence-electron chi connectivity index (χ3n) is 3.69. The molecule has 0 saturated heterocycles. The number of aliphatic hydroxyl groups is 1. The number of aliphatic hydroxyl groups excluding tert-OH is 1. The van der Waals surface area contributed by atoms with E-state index in [2.05, 4.69) is 10.1 Å². The van der Waals surface area contributed by atoms with Gasteiger partial charge in [-0.2, -0.15) is 0 Å². The van der Waals surface area contributed by atoms with Crippen LogP contribution in [0.2, 0.25) is 0 Å². The molecular weight excluding hydrogens is 364 g/mol. The van der Waals surface area contributed by atoms with Crippen molar-refractivity contribution in [1.82, 2.24) is 4.90 Å². The van der Waals surface area contributed by atoms with Gasteiger partial charge in [0, 0.05) is 29.9 Å². The van der Waals surface area contributed by atoms with E-state index < -0.39 is 16.8 Å². The summed E-state index contributed by atoms with van der Waals surface area (Å²) in [5, 5.41) is 22.8. The summed E-state index contributed by atoms with van der Waals surface area (Å²) in [6.45, 7) is -0.278. The quantitative estimate of drug-likeness (QED) is 0.255. The number of β-amino-alcohol motifs (C(OH)–C–C–N with tert-alkyl or cyclic N) is 1. The molecule has 0 aliphatic carbocycles. The van der Waals surface area contributed by atoms with Gasteiger partial charge in [0.1, 0.15) is 10.7 Å². The molecule has 0 saturated carbocycles. The van der Waals surface area contributed by atoms with Crippen molar-refractivity contribution in [2.24, 2.45) is 5.73 Å². The fourth-order valence-corrected chi connectivity index (χ4v) is 2.61. The number of anilines is 1. The maximum absolute atomic E-state index is 12.5. The monoisotopic (exact) mass is 380 g/mol. The number of esters is 1. The van der Waals surface area contributed by atoms with Crippen molar-refractivity contribution in [2.45, 2.75) is 0 Å². The normalized spacial score (nSPS) is 13.8. The first-order valence-electron chi connectivity index (χ1n) is 7.37. The molecule has 0 aromatic heterocycles. The van der Waals surface area contributed by atoms with Gasteiger partial charge in [-0.1, -0.05) is 12.2 Å². The first kappa shape index (κ1) is 19.3. The Bertz CT molecular complexity index is 822. The predicted octanol–water partition coefficient (Wildman–Crippen LogP) is -0.0975. The number of amides is 1. The van der Waals surface area contributed by atoms with Crippen LogP contribution in [0, 0.1) is 10.1 Å². The number of benzene rings is 1. The Kier molecular flexibility index (Phi) is 5.85. The average Bonchev–Trinajstić information content (AvgIpc) is 2.91. The Morgan fingerprint density at radius 3 is 2.77 bits per heavy atom. The van der Waals surface area contributed by atoms with Gasteiger partial charge in [0.2, 0.25) is 0 Å². The number of methoxy groups -OCH3 is 1. The minimum absolute atomic E-state index is 0.0346. The third kappa shape index (κ3) is 3.78. The molecule has 1 amide bonds. The van der Waals surface area contributed by atoms with Crippen molar-refractivity contribution in [3.05, 3.63) is 45.1 Å². The standard InChI is InChI=1S/C15H16N4O6S/c1-25-15(22)10-7-18(4-5-20)14(21)12(10)17-11-3-2-8(19(23)24)6-9(11)13(16)26/h2-3,6,17,20H,4-5,7H2,1H3,(H2,16,26). The fraction of sp³-hybridized carbons (Fsp3) is 0.267. The summed E-state index contributed by atoms with van der Waals surface area (Å²) >= 11 is 4.91. The smallest absolute Gasteiger partial charge is 0.337 e. The summed E-state index contributed by atoms with van der Waals surface area (Å²) in [7, 11) is 1.18. The molecule has 1 heterocycles. The van der Waals surface area contributed by atoms with Crippen LogP contribution in [0.15, 0.2) is 29.5 Å². The molecular formula is C15H16N4O6S. The number of carbonyl (C=O) groups excluding carboxylic acids is 2. The van der Waals surface area contributed by atoms with E-state index >= 15 is 0 Å². The van der Waals surface area contributed by atoms with Gasteiger partial charge in [-0.15, -0.1) is 0 Å². The number of nitrogens with zero attached hydrogens (tertiary/aromatic N) is 2. The molecule has 1 aliphatic heterocycles. The molecule has 4 N–H and O–H groups in total. The molecule has 0 atom stereocenters. The molecule has 138 valence electrons. The van der Waals surface area contributed by atoms with E-state index in [1.165, 1.54) is 30.2 Å². The zero-order chi connectivity index (χ0) is 19.4. The topological polar surface area (TPSA) is 148 Å². The van der Waals surface area contributed by atoms with Crippen molar-refractivity contribution in [2.75, 3.05) is 32.1 Å². The Morgan fingerprint density at radius 1 is 1.54 bits per heavy atom. The first-order chi connectivity index (χ1) is 12.3. The van der Waals surface area contributed by atoms with E-state index in [9.17, 15) is 19.7 Å². The van der Waals surface area contributed by atoms with Gasteiger partial charge in [0.05, 0.1) is 30.8 Å². The van der Waals surface area contributed by atoms with Crippen molar-refractivity contribution < 1.29 is 24.4 Å². The van der Waals surface area contributed by atoms with Crippen LogP contribution in [0.5, 0.6) is 0 Å². The highest BCUT2D eigenvalue weighted by Crippen LogP contribution is 2.27. The van der Waals surface area contributed by atoms with Crippen LogP contribution in [0.1, 0.15) is 5.56 Å². The molecule has 1 aliphatic rings. The van der Waals surface area contributed by atoms with E-state index in [0.29, 0.717) is 0 Å². The van der Waals surface area contributed by atoms with Gasteiger partial charge in [0.15, 0.2) is 0 Å². The molecule has 0 fully saturated rings. The number of hydrogen-bond acceptors (Lipinski definition) is 8. The van der Waals surface area contributed by atoms with Crippen LogP contribution in [-0.2, 0) is 14.3 Å². The molecule has 2 rings (SSSR count). The van der Waals surface area contributed by atoms with E-state index in [0.717, 1.165) is 0 Å². The van der Waals surface area contributed by atoms with Crippen molar-refractivity contribution >= 4 is 40.5 Å². The number of ether oxygens (including phenoxy) is 1. The number of non-ortho nitro benzene ring substituents is 1. The van der Waals surface area contributed by atoms with Gasteiger partial charge in [0.25, 0.3) is 11.6 Å². The zero-order valence-corrected chi connectivity index (χ0v) is 14.5. The highest BCUT2D eigenvalue weighted by atomic mass is 32.1. The summed E-state index contributed by atoms with van der Waals surface area (Å²) in [4.78, 5) is 35.9. The number of nitrogens with one attached hydrogen (secondary N) is 1. The first-order valence-corrected chi connectivity index (χ1v) is 7.77. The summed E-state index contributed by atoms with van der Waals surface area (Å²) in [6.07, 6.45) is 0. The molecule has 0 bridgehead atoms. The predicted molar refractivity (Wildman–Crippen MR) is 95.3 cm³/mol. The van der Waals surface area contributed by atoms with E-state index in [1.54, 1.807) is 0 Å². The molecule has 0 unspecified atom stereocenters. The second kappa shape index (κ2) is 7.89. The lowest BCUT2D eigenvalue weighted by molar-refractivity contribution is -0.384. The van der Waals surface area contributed by atoms with Crippen molar-refractivity contribution in [3.8, 4) is 0 Å². The zero-order valence-electron chi connectivity index (χ0n) is 13.7. The van der Waals surface area contributed by atoms with Crippen molar-refractivity contribution in [3.63, 3.8) is 0 Å². The van der Waals surface area contributed by atoms with Crippen LogP contribution < -0.4 is 11.1 Å². The van der Waals surface area contributed by atoms with E-state index in [4.69, 9.17) is 23.1 Å². The van der Waals surface area contributed by atoms with E-state index in [1.807, 2.05) is 0 Å². The number of nitrogens with two attached hydrogens (primary N) is 1. The summed E-state index contributed by atoms with van der Waals surface area (Å²) in [5.74, 6) is -1.23. The summed E-state index contributed by atoms with van der Waals surface area (Å²) in [6, 6.07) is 3.73. The highest BCUT2D eigenvalue weighted by molar-refractivity contribution is 7.80. The second-order valence-corrected chi connectivity index (χ2v) is 5.71. The highest BCUT2D eigenvalue weighted by Gasteiger charge is 2.34. The van der Waals surface area contributed by atoms with Crippen LogP contribution >= 0.6 is 12.2 Å². The lowest BCUT2D eigenvalue weighted by atomic mass is 10.1. The number of rotatable bonds is 7. The van der Waals surface area contributed by atoms with Crippen LogP contribution in [0.4, 0.5) is 11.4 Å².